The van der Waals surface area contributed by atoms with E-state index < -0.39 is 5.60 Å². The van der Waals surface area contributed by atoms with E-state index in [1.807, 2.05) is 18.2 Å². The van der Waals surface area contributed by atoms with Gasteiger partial charge in [-0.15, -0.1) is 0 Å². The Kier molecular flexibility index (Phi) is 6.28. The third-order valence-corrected chi connectivity index (χ3v) is 8.31. The minimum absolute atomic E-state index is 0.332. The van der Waals surface area contributed by atoms with Gasteiger partial charge in [0.15, 0.2) is 0 Å². The largest absolute Gasteiger partial charge is 0.380 e. The molecule has 3 saturated heterocycles. The topological polar surface area (TPSA) is 29.5 Å². The molecule has 0 amide bonds. The molecule has 3 aliphatic rings. The van der Waals surface area contributed by atoms with Gasteiger partial charge in [0.1, 0.15) is 23.8 Å². The van der Waals surface area contributed by atoms with Gasteiger partial charge in [0.05, 0.1) is 32.8 Å². The Morgan fingerprint density at radius 3 is 1.76 bits per heavy atom. The van der Waals surface area contributed by atoms with Crippen LogP contribution >= 0.6 is 0 Å². The van der Waals surface area contributed by atoms with E-state index in [2.05, 4.69) is 12.1 Å². The maximum atomic E-state index is 13.7. The molecule has 3 aromatic rings. The Balaban J connectivity index is 1.33. The van der Waals surface area contributed by atoms with Crippen LogP contribution in [0.2, 0.25) is 0 Å². The minimum atomic E-state index is -1.30. The maximum absolute atomic E-state index is 13.7. The van der Waals surface area contributed by atoms with Crippen molar-refractivity contribution in [3.05, 3.63) is 107 Å². The fraction of sp³-hybridized carbons (Fsp3) is 0.379. The molecule has 0 saturated carbocycles. The van der Waals surface area contributed by atoms with Gasteiger partial charge >= 0.3 is 0 Å². The zero-order valence-corrected chi connectivity index (χ0v) is 19.4. The number of hydrogen-bond donors (Lipinski definition) is 1. The Hall–Kier alpha value is -2.60. The van der Waals surface area contributed by atoms with Crippen LogP contribution in [0.3, 0.4) is 0 Å². The van der Waals surface area contributed by atoms with Crippen molar-refractivity contribution in [3.8, 4) is 0 Å². The number of quaternary nitrogens is 1. The summed E-state index contributed by atoms with van der Waals surface area (Å²) in [5.74, 6) is -0.664. The van der Waals surface area contributed by atoms with Crippen molar-refractivity contribution in [1.29, 1.82) is 0 Å². The second-order valence-electron chi connectivity index (χ2n) is 10.0. The van der Waals surface area contributed by atoms with Gasteiger partial charge in [-0.05, 0) is 41.0 Å². The van der Waals surface area contributed by atoms with Gasteiger partial charge in [0.2, 0.25) is 0 Å². The highest BCUT2D eigenvalue weighted by Gasteiger charge is 2.60. The average Bonchev–Trinajstić information content (AvgIpc) is 2.89. The van der Waals surface area contributed by atoms with Gasteiger partial charge < -0.3 is 14.3 Å². The number of benzene rings is 3. The number of piperidine rings is 3. The van der Waals surface area contributed by atoms with E-state index in [4.69, 9.17) is 4.74 Å². The molecule has 0 unspecified atom stereocenters. The number of fused-ring (bicyclic) bond motifs is 3. The monoisotopic (exact) mass is 464 g/mol. The van der Waals surface area contributed by atoms with Gasteiger partial charge in [-0.2, -0.15) is 0 Å². The first kappa shape index (κ1) is 23.2. The average molecular weight is 465 g/mol. The molecular formula is C29H32F2NO2+. The molecule has 1 N–H and O–H groups in total. The smallest absolute Gasteiger partial charge is 0.123 e. The first-order valence-electron chi connectivity index (χ1n) is 12.2. The molecule has 3 heterocycles. The number of aliphatic hydroxyl groups is 1. The normalized spacial score (nSPS) is 24.3. The molecule has 0 aliphatic carbocycles. The fourth-order valence-electron chi connectivity index (χ4n) is 6.13. The van der Waals surface area contributed by atoms with E-state index in [1.54, 1.807) is 24.3 Å². The van der Waals surface area contributed by atoms with Gasteiger partial charge in [-0.3, -0.25) is 0 Å². The van der Waals surface area contributed by atoms with Crippen molar-refractivity contribution in [3.63, 3.8) is 0 Å². The van der Waals surface area contributed by atoms with Crippen LogP contribution in [0.15, 0.2) is 78.9 Å². The summed E-state index contributed by atoms with van der Waals surface area (Å²) in [4.78, 5) is 0. The van der Waals surface area contributed by atoms with Crippen LogP contribution in [-0.2, 0) is 16.9 Å². The third kappa shape index (κ3) is 4.17. The van der Waals surface area contributed by atoms with Gasteiger partial charge in [0, 0.05) is 24.7 Å². The van der Waals surface area contributed by atoms with Crippen molar-refractivity contribution in [2.24, 2.45) is 5.41 Å². The molecule has 3 aliphatic heterocycles. The van der Waals surface area contributed by atoms with Crippen molar-refractivity contribution < 1.29 is 23.1 Å². The minimum Gasteiger partial charge on any atom is -0.380 e. The third-order valence-electron chi connectivity index (χ3n) is 8.31. The van der Waals surface area contributed by atoms with E-state index in [0.717, 1.165) is 49.9 Å². The quantitative estimate of drug-likeness (QED) is 0.356. The predicted molar refractivity (Wildman–Crippen MR) is 128 cm³/mol. The highest BCUT2D eigenvalue weighted by Crippen LogP contribution is 2.57. The summed E-state index contributed by atoms with van der Waals surface area (Å²) in [6.07, 6.45) is 2.57. The highest BCUT2D eigenvalue weighted by atomic mass is 19.1. The van der Waals surface area contributed by atoms with E-state index >= 15 is 0 Å². The predicted octanol–water partition coefficient (Wildman–Crippen LogP) is 5.42. The zero-order valence-electron chi connectivity index (χ0n) is 19.4. The Bertz CT molecular complexity index is 1030. The van der Waals surface area contributed by atoms with Crippen LogP contribution < -0.4 is 0 Å². The SMILES string of the molecule is OC(c1ccc(F)cc1)(c1ccc(F)cc1)C12CC[N+](CCOCc3ccccc3)(CC1)CC2. The van der Waals surface area contributed by atoms with E-state index in [0.29, 0.717) is 24.3 Å². The van der Waals surface area contributed by atoms with Crippen LogP contribution in [0.1, 0.15) is 36.0 Å². The van der Waals surface area contributed by atoms with Crippen LogP contribution in [0.25, 0.3) is 0 Å². The highest BCUT2D eigenvalue weighted by molar-refractivity contribution is 5.40. The Morgan fingerprint density at radius 2 is 1.26 bits per heavy atom. The Labute approximate surface area is 200 Å². The molecule has 3 aromatic carbocycles. The molecule has 0 radical (unpaired) electrons. The fourth-order valence-corrected chi connectivity index (χ4v) is 6.13. The maximum Gasteiger partial charge on any atom is 0.123 e. The van der Waals surface area contributed by atoms with Gasteiger partial charge in [0.25, 0.3) is 0 Å². The molecule has 2 bridgehead atoms. The summed E-state index contributed by atoms with van der Waals surface area (Å²) in [5, 5.41) is 12.4. The van der Waals surface area contributed by atoms with E-state index in [1.165, 1.54) is 29.8 Å². The first-order valence-corrected chi connectivity index (χ1v) is 12.2. The molecule has 0 spiro atoms. The second kappa shape index (κ2) is 9.21. The summed E-state index contributed by atoms with van der Waals surface area (Å²) >= 11 is 0. The van der Waals surface area contributed by atoms with Gasteiger partial charge in [-0.25, -0.2) is 8.78 Å². The molecule has 6 rings (SSSR count). The molecule has 34 heavy (non-hydrogen) atoms. The summed E-state index contributed by atoms with van der Waals surface area (Å²) in [6.45, 7) is 5.22. The number of rotatable bonds is 8. The number of nitrogens with zero attached hydrogens (tertiary/aromatic N) is 1. The standard InChI is InChI=1S/C29H32F2NO2/c30-26-10-6-24(7-11-26)29(33,25-8-12-27(31)13-9-25)28-14-17-32(18-15-28,19-16-28)20-21-34-22-23-4-2-1-3-5-23/h1-13,33H,14-22H2/q+1. The van der Waals surface area contributed by atoms with Crippen LogP contribution in [0, 0.1) is 17.0 Å². The van der Waals surface area contributed by atoms with Crippen LogP contribution in [0.5, 0.6) is 0 Å². The summed E-state index contributed by atoms with van der Waals surface area (Å²) in [7, 11) is 0. The van der Waals surface area contributed by atoms with Crippen LogP contribution in [-0.4, -0.2) is 42.4 Å². The lowest BCUT2D eigenvalue weighted by molar-refractivity contribution is -0.946. The molecular weight excluding hydrogens is 432 g/mol. The zero-order chi connectivity index (χ0) is 23.7. The van der Waals surface area contributed by atoms with E-state index in [9.17, 15) is 13.9 Å². The van der Waals surface area contributed by atoms with Crippen molar-refractivity contribution >= 4 is 0 Å². The second-order valence-corrected chi connectivity index (χ2v) is 10.0. The summed E-state index contributed by atoms with van der Waals surface area (Å²) in [5.41, 5.74) is 0.868. The molecule has 0 aromatic heterocycles. The number of hydrogen-bond acceptors (Lipinski definition) is 2. The number of ether oxygens (including phenoxy) is 1. The molecule has 178 valence electrons. The number of halogens is 2. The summed E-state index contributed by atoms with van der Waals surface area (Å²) < 4.78 is 34.4. The first-order chi connectivity index (χ1) is 16.4. The van der Waals surface area contributed by atoms with Gasteiger partial charge in [-0.1, -0.05) is 54.6 Å². The Morgan fingerprint density at radius 1 is 0.765 bits per heavy atom. The summed E-state index contributed by atoms with van der Waals surface area (Å²) in [6, 6.07) is 22.5. The molecule has 3 fully saturated rings. The van der Waals surface area contributed by atoms with Crippen molar-refractivity contribution in [2.45, 2.75) is 31.5 Å². The van der Waals surface area contributed by atoms with Crippen molar-refractivity contribution in [1.82, 2.24) is 0 Å². The lowest BCUT2D eigenvalue weighted by Crippen LogP contribution is -2.67. The van der Waals surface area contributed by atoms with Crippen LogP contribution in [0.4, 0.5) is 8.78 Å². The van der Waals surface area contributed by atoms with E-state index in [-0.39, 0.29) is 17.0 Å². The molecule has 3 nitrogen and oxygen atoms in total. The molecule has 5 heteroatoms. The lowest BCUT2D eigenvalue weighted by Gasteiger charge is -2.60. The van der Waals surface area contributed by atoms with Crippen molar-refractivity contribution in [2.75, 3.05) is 32.8 Å². The lowest BCUT2D eigenvalue weighted by atomic mass is 9.56. The molecule has 0 atom stereocenters.